The van der Waals surface area contributed by atoms with Crippen molar-refractivity contribution in [2.75, 3.05) is 20.8 Å². The molecule has 0 amide bonds. The molecule has 0 saturated heterocycles. The zero-order chi connectivity index (χ0) is 17.0. The SMILES string of the molecule is CN(C)Cc1ccccc1[PH](C)(c1ccccc1)c1ccccc1. The Bertz CT molecular complexity index is 742. The molecule has 0 spiro atoms. The summed E-state index contributed by atoms with van der Waals surface area (Å²) in [6, 6.07) is 31.0. The van der Waals surface area contributed by atoms with E-state index < -0.39 is 7.26 Å². The maximum absolute atomic E-state index is 2.48. The Morgan fingerprint density at radius 3 is 1.62 bits per heavy atom. The predicted molar refractivity (Wildman–Crippen MR) is 110 cm³/mol. The van der Waals surface area contributed by atoms with Gasteiger partial charge in [0.2, 0.25) is 0 Å². The van der Waals surface area contributed by atoms with Crippen LogP contribution < -0.4 is 15.9 Å². The number of benzene rings is 3. The van der Waals surface area contributed by atoms with Crippen LogP contribution in [-0.4, -0.2) is 25.7 Å². The monoisotopic (exact) mass is 335 g/mol. The third-order valence-electron chi connectivity index (χ3n) is 4.74. The fourth-order valence-corrected chi connectivity index (χ4v) is 7.42. The summed E-state index contributed by atoms with van der Waals surface area (Å²) in [5, 5.41) is 4.43. The fourth-order valence-electron chi connectivity index (χ4n) is 3.51. The third-order valence-corrected chi connectivity index (χ3v) is 9.29. The molecule has 0 fully saturated rings. The average Bonchev–Trinajstić information content (AvgIpc) is 2.62. The minimum absolute atomic E-state index is 0.971. The van der Waals surface area contributed by atoms with Crippen molar-refractivity contribution in [1.29, 1.82) is 0 Å². The first-order chi connectivity index (χ1) is 11.6. The van der Waals surface area contributed by atoms with Crippen molar-refractivity contribution >= 4 is 23.2 Å². The molecule has 3 aromatic rings. The molecule has 0 aromatic heterocycles. The molecule has 0 aliphatic carbocycles. The molecule has 0 atom stereocenters. The first-order valence-electron chi connectivity index (χ1n) is 8.46. The summed E-state index contributed by atoms with van der Waals surface area (Å²) < 4.78 is 0. The fraction of sp³-hybridized carbons (Fsp3) is 0.182. The number of hydrogen-bond acceptors (Lipinski definition) is 1. The minimum atomic E-state index is -2.02. The summed E-state index contributed by atoms with van der Waals surface area (Å²) in [4.78, 5) is 2.25. The van der Waals surface area contributed by atoms with Gasteiger partial charge in [-0.1, -0.05) is 0 Å². The summed E-state index contributed by atoms with van der Waals surface area (Å²) in [5.74, 6) is 0. The molecule has 0 saturated carbocycles. The second kappa shape index (κ2) is 7.30. The van der Waals surface area contributed by atoms with E-state index in [-0.39, 0.29) is 0 Å². The van der Waals surface area contributed by atoms with Crippen molar-refractivity contribution in [3.05, 3.63) is 90.5 Å². The van der Waals surface area contributed by atoms with Crippen molar-refractivity contribution < 1.29 is 0 Å². The molecule has 0 aliphatic heterocycles. The van der Waals surface area contributed by atoms with Gasteiger partial charge in [-0.3, -0.25) is 0 Å². The Hall–Kier alpha value is -1.95. The molecule has 24 heavy (non-hydrogen) atoms. The van der Waals surface area contributed by atoms with Crippen LogP contribution in [0, 0.1) is 0 Å². The molecular weight excluding hydrogens is 309 g/mol. The molecular formula is C22H26NP. The molecule has 124 valence electrons. The van der Waals surface area contributed by atoms with Gasteiger partial charge in [-0.05, 0) is 0 Å². The Labute approximate surface area is 146 Å². The van der Waals surface area contributed by atoms with Gasteiger partial charge in [-0.25, -0.2) is 0 Å². The average molecular weight is 335 g/mol. The summed E-state index contributed by atoms with van der Waals surface area (Å²) in [7, 11) is 2.26. The van der Waals surface area contributed by atoms with Crippen LogP contribution in [0.15, 0.2) is 84.9 Å². The Kier molecular flexibility index (Phi) is 5.14. The van der Waals surface area contributed by atoms with E-state index in [1.165, 1.54) is 21.5 Å². The van der Waals surface area contributed by atoms with Crippen molar-refractivity contribution in [3.8, 4) is 0 Å². The molecule has 0 aliphatic rings. The molecule has 3 rings (SSSR count). The van der Waals surface area contributed by atoms with Gasteiger partial charge in [-0.2, -0.15) is 0 Å². The molecule has 0 heterocycles. The molecule has 2 heteroatoms. The standard InChI is InChI=1S/C22H26NP/c1-23(2)18-19-12-10-11-17-22(19)24(3,20-13-6-4-7-14-20)21-15-8-5-9-16-21/h4-17,24H,18H2,1-3H3. The summed E-state index contributed by atoms with van der Waals surface area (Å²) in [6.45, 7) is 3.45. The predicted octanol–water partition coefficient (Wildman–Crippen LogP) is 3.40. The van der Waals surface area contributed by atoms with E-state index in [1.807, 2.05) is 0 Å². The van der Waals surface area contributed by atoms with Crippen molar-refractivity contribution in [1.82, 2.24) is 4.90 Å². The first-order valence-corrected chi connectivity index (χ1v) is 11.0. The van der Waals surface area contributed by atoms with Gasteiger partial charge < -0.3 is 0 Å². The zero-order valence-electron chi connectivity index (χ0n) is 14.7. The van der Waals surface area contributed by atoms with Gasteiger partial charge in [0.05, 0.1) is 0 Å². The first kappa shape index (κ1) is 16.9. The molecule has 3 aromatic carbocycles. The van der Waals surface area contributed by atoms with E-state index >= 15 is 0 Å². The number of rotatable bonds is 5. The van der Waals surface area contributed by atoms with Crippen molar-refractivity contribution in [3.63, 3.8) is 0 Å². The van der Waals surface area contributed by atoms with Gasteiger partial charge in [-0.15, -0.1) is 0 Å². The Morgan fingerprint density at radius 2 is 1.12 bits per heavy atom. The number of nitrogens with zero attached hydrogens (tertiary/aromatic N) is 1. The quantitative estimate of drug-likeness (QED) is 0.646. The van der Waals surface area contributed by atoms with Crippen LogP contribution in [0.2, 0.25) is 0 Å². The molecule has 1 nitrogen and oxygen atoms in total. The van der Waals surface area contributed by atoms with Crippen LogP contribution in [0.3, 0.4) is 0 Å². The van der Waals surface area contributed by atoms with E-state index in [2.05, 4.69) is 111 Å². The van der Waals surface area contributed by atoms with E-state index in [0.717, 1.165) is 6.54 Å². The molecule has 0 unspecified atom stereocenters. The van der Waals surface area contributed by atoms with Crippen LogP contribution >= 0.6 is 7.26 Å². The summed E-state index contributed by atoms with van der Waals surface area (Å²) in [6.07, 6.45) is 0. The van der Waals surface area contributed by atoms with Gasteiger partial charge in [0.25, 0.3) is 0 Å². The van der Waals surface area contributed by atoms with E-state index in [0.29, 0.717) is 0 Å². The van der Waals surface area contributed by atoms with E-state index in [4.69, 9.17) is 0 Å². The second-order valence-corrected chi connectivity index (χ2v) is 10.7. The van der Waals surface area contributed by atoms with Crippen LogP contribution in [0.4, 0.5) is 0 Å². The van der Waals surface area contributed by atoms with Crippen LogP contribution in [0.25, 0.3) is 0 Å². The molecule has 0 radical (unpaired) electrons. The Balaban J connectivity index is 2.24. The van der Waals surface area contributed by atoms with E-state index in [1.54, 1.807) is 0 Å². The summed E-state index contributed by atoms with van der Waals surface area (Å²) in [5.41, 5.74) is 1.43. The van der Waals surface area contributed by atoms with Gasteiger partial charge in [0.15, 0.2) is 0 Å². The van der Waals surface area contributed by atoms with Crippen molar-refractivity contribution in [2.24, 2.45) is 0 Å². The number of hydrogen-bond donors (Lipinski definition) is 0. The van der Waals surface area contributed by atoms with Crippen LogP contribution in [-0.2, 0) is 6.54 Å². The second-order valence-electron chi connectivity index (χ2n) is 6.75. The van der Waals surface area contributed by atoms with Crippen molar-refractivity contribution in [2.45, 2.75) is 6.54 Å². The van der Waals surface area contributed by atoms with Crippen LogP contribution in [0.5, 0.6) is 0 Å². The topological polar surface area (TPSA) is 3.24 Å². The normalized spacial score (nSPS) is 12.3. The maximum atomic E-state index is 2.48. The third kappa shape index (κ3) is 3.29. The summed E-state index contributed by atoms with van der Waals surface area (Å²) >= 11 is 0. The van der Waals surface area contributed by atoms with E-state index in [9.17, 15) is 0 Å². The molecule has 0 bridgehead atoms. The Morgan fingerprint density at radius 1 is 0.667 bits per heavy atom. The molecule has 0 N–H and O–H groups in total. The van der Waals surface area contributed by atoms with Gasteiger partial charge in [0, 0.05) is 0 Å². The zero-order valence-corrected chi connectivity index (χ0v) is 15.7. The van der Waals surface area contributed by atoms with Crippen LogP contribution in [0.1, 0.15) is 5.56 Å². The van der Waals surface area contributed by atoms with Gasteiger partial charge in [0.1, 0.15) is 0 Å². The van der Waals surface area contributed by atoms with Gasteiger partial charge >= 0.3 is 146 Å².